The van der Waals surface area contributed by atoms with Gasteiger partial charge in [0.1, 0.15) is 72.2 Å². The van der Waals surface area contributed by atoms with Gasteiger partial charge in [-0.25, -0.2) is 0 Å². The van der Waals surface area contributed by atoms with Gasteiger partial charge in [-0.1, -0.05) is 169 Å². The maximum atomic E-state index is 15.6. The number of aromatic hydroxyl groups is 2. The average molecular weight is 1950 g/mol. The highest BCUT2D eigenvalue weighted by atomic mass is 79.9. The number of Topliss-reactive ketones (excluding diaryl/α,β-unsaturated/α-hetero) is 3. The number of unbranched alkanes of at least 4 members (excludes halogenated alkanes) is 1. The molecule has 12 amide bonds. The number of amides is 12. The number of fused-ring (bicyclic) bond motifs is 1. The third-order valence-corrected chi connectivity index (χ3v) is 25.3. The Labute approximate surface area is 783 Å². The number of ketones is 3. The van der Waals surface area contributed by atoms with Gasteiger partial charge in [0.25, 0.3) is 6.47 Å². The lowest BCUT2D eigenvalue weighted by Crippen LogP contribution is -2.59. The lowest BCUT2D eigenvalue weighted by molar-refractivity contribution is -0.151. The van der Waals surface area contributed by atoms with Crippen LogP contribution in [0.1, 0.15) is 119 Å². The molecule has 1 aromatic heterocycles. The number of ether oxygens (including phenoxy) is 1. The minimum absolute atomic E-state index is 0.0800. The van der Waals surface area contributed by atoms with Crippen molar-refractivity contribution in [1.29, 1.82) is 0 Å². The summed E-state index contributed by atoms with van der Waals surface area (Å²) < 4.78 is 5.53. The van der Waals surface area contributed by atoms with Crippen molar-refractivity contribution in [2.45, 2.75) is 179 Å². The van der Waals surface area contributed by atoms with Gasteiger partial charge in [-0.05, 0) is 120 Å². The third-order valence-electron chi connectivity index (χ3n) is 23.1. The van der Waals surface area contributed by atoms with Crippen molar-refractivity contribution >= 4 is 149 Å². The number of thioether (sulfide) groups is 1. The van der Waals surface area contributed by atoms with E-state index in [1.165, 1.54) is 81.4 Å². The van der Waals surface area contributed by atoms with Crippen LogP contribution in [0.15, 0.2) is 167 Å². The largest absolute Gasteiger partial charge is 0.508 e. The molecule has 35 heteroatoms. The minimum Gasteiger partial charge on any atom is -0.508 e. The van der Waals surface area contributed by atoms with Crippen LogP contribution in [-0.2, 0) is 120 Å². The van der Waals surface area contributed by atoms with Crippen LogP contribution >= 0.6 is 43.6 Å². The molecular formula is C96H119Br2N13O19S. The quantitative estimate of drug-likeness (QED) is 0.0258. The molecule has 702 valence electrons. The van der Waals surface area contributed by atoms with E-state index in [2.05, 4.69) is 68.7 Å². The fourth-order valence-electron chi connectivity index (χ4n) is 15.7. The first kappa shape index (κ1) is 104. The van der Waals surface area contributed by atoms with Crippen molar-refractivity contribution < 1.29 is 91.7 Å². The maximum absolute atomic E-state index is 15.6. The molecule has 0 saturated carbocycles. The number of halogens is 2. The van der Waals surface area contributed by atoms with E-state index in [1.807, 2.05) is 6.92 Å². The van der Waals surface area contributed by atoms with E-state index in [0.717, 1.165) is 26.5 Å². The molecule has 1 aliphatic heterocycles. The van der Waals surface area contributed by atoms with Gasteiger partial charge in [-0.2, -0.15) is 0 Å². The van der Waals surface area contributed by atoms with Crippen LogP contribution in [0.3, 0.4) is 0 Å². The number of benzene rings is 6. The lowest BCUT2D eigenvalue weighted by atomic mass is 9.84. The Kier molecular flexibility index (Phi) is 40.5. The first-order valence-corrected chi connectivity index (χ1v) is 46.3. The number of hydrogen-bond acceptors (Lipinski definition) is 20. The number of carbonyl (C=O) groups is 16. The van der Waals surface area contributed by atoms with E-state index in [-0.39, 0.29) is 90.0 Å². The second-order valence-electron chi connectivity index (χ2n) is 34.0. The predicted molar refractivity (Wildman–Crippen MR) is 501 cm³/mol. The fourth-order valence-corrected chi connectivity index (χ4v) is 17.8. The zero-order valence-corrected chi connectivity index (χ0v) is 79.3. The number of H-pyrrole nitrogens is 1. The van der Waals surface area contributed by atoms with Crippen LogP contribution in [-0.4, -0.2) is 255 Å². The molecule has 131 heavy (non-hydrogen) atoms. The smallest absolute Gasteiger partial charge is 0.293 e. The Hall–Kier alpha value is -12.1. The van der Waals surface area contributed by atoms with Crippen LogP contribution in [0.2, 0.25) is 0 Å². The number of phenols is 2. The Morgan fingerprint density at radius 2 is 1.03 bits per heavy atom. The van der Waals surface area contributed by atoms with Crippen molar-refractivity contribution in [1.82, 2.24) is 61.4 Å². The topological polar surface area (TPSA) is 453 Å². The Morgan fingerprint density at radius 3 is 1.61 bits per heavy atom. The zero-order valence-electron chi connectivity index (χ0n) is 75.3. The van der Waals surface area contributed by atoms with Gasteiger partial charge < -0.3 is 82.1 Å². The SMILES string of the molecule is CCCC[C@H]1C(=O)N(C)CC(=O)C[C@@H](COC=O)C(=O)C[C@@H](C(C)C)C(=O)N(C)[C@@H](Cc2ccccc2)C(=O)N[C@@H](Cc2ccc(O)cc2)C(=O)N(C)CC(=O)N[C@@H](Cc2c[nH]c3ccccc23)C(=O)N[C@@H](Cc2cc(Br)c(O)c(Br)c2)C(=O)N[C@@H](CC(C)C)C(=O)N[C@H](C(=O)CCC(N)=O)CSCC(=O)N[C@@H](Cc2ccccc2)C(=O)N(C)[C@@H](Cc2ccccc2)C(=O)N1C. The number of nitrogens with two attached hydrogens (primary N) is 1. The van der Waals surface area contributed by atoms with Crippen molar-refractivity contribution in [3.8, 4) is 11.5 Å². The molecule has 0 aliphatic carbocycles. The van der Waals surface area contributed by atoms with Gasteiger partial charge in [0.2, 0.25) is 70.9 Å². The molecular weight excluding hydrogens is 1830 g/mol. The maximum Gasteiger partial charge on any atom is 0.293 e. The van der Waals surface area contributed by atoms with Gasteiger partial charge in [0.15, 0.2) is 11.6 Å². The summed E-state index contributed by atoms with van der Waals surface area (Å²) in [5.74, 6) is -16.5. The van der Waals surface area contributed by atoms with E-state index >= 15 is 43.2 Å². The minimum atomic E-state index is -1.63. The normalized spacial score (nSPS) is 21.9. The average Bonchev–Trinajstić information content (AvgIpc) is 1.71. The number of aromatic amines is 1. The number of rotatable bonds is 25. The summed E-state index contributed by atoms with van der Waals surface area (Å²) in [4.78, 5) is 245. The fraction of sp³-hybridized carbons (Fsp3) is 0.438. The molecule has 1 fully saturated rings. The number of likely N-dealkylation sites (N-methyl/N-ethyl adjacent to an activating group) is 5. The highest BCUT2D eigenvalue weighted by molar-refractivity contribution is 9.11. The van der Waals surface area contributed by atoms with Gasteiger partial charge in [-0.3, -0.25) is 76.7 Å². The molecule has 32 nitrogen and oxygen atoms in total. The Bertz CT molecular complexity index is 5140. The lowest BCUT2D eigenvalue weighted by Gasteiger charge is -2.37. The zero-order chi connectivity index (χ0) is 95.9. The summed E-state index contributed by atoms with van der Waals surface area (Å²) in [7, 11) is 6.81. The highest BCUT2D eigenvalue weighted by Gasteiger charge is 2.42. The van der Waals surface area contributed by atoms with E-state index in [0.29, 0.717) is 57.1 Å². The molecule has 0 bridgehead atoms. The molecule has 2 heterocycles. The van der Waals surface area contributed by atoms with Crippen molar-refractivity contribution in [3.05, 3.63) is 200 Å². The summed E-state index contributed by atoms with van der Waals surface area (Å²) in [5, 5.41) is 38.7. The monoisotopic (exact) mass is 1950 g/mol. The van der Waals surface area contributed by atoms with Crippen LogP contribution in [0.5, 0.6) is 11.5 Å². The van der Waals surface area contributed by atoms with E-state index in [9.17, 15) is 43.8 Å². The molecule has 7 aromatic rings. The second kappa shape index (κ2) is 50.9. The number of primary amides is 1. The number of phenolic OH excluding ortho intramolecular Hbond substituents is 2. The Balaban J connectivity index is 1.22. The predicted octanol–water partition coefficient (Wildman–Crippen LogP) is 6.96. The molecule has 8 rings (SSSR count). The van der Waals surface area contributed by atoms with Crippen LogP contribution in [0.25, 0.3) is 10.9 Å². The van der Waals surface area contributed by atoms with E-state index < -0.39 is 211 Å². The van der Waals surface area contributed by atoms with Crippen molar-refractivity contribution in [2.24, 2.45) is 29.4 Å². The molecule has 0 radical (unpaired) electrons. The van der Waals surface area contributed by atoms with Gasteiger partial charge in [0, 0.05) is 128 Å². The number of nitrogens with zero attached hydrogens (tertiary/aromatic N) is 5. The molecule has 0 unspecified atom stereocenters. The van der Waals surface area contributed by atoms with Gasteiger partial charge in [-0.15, -0.1) is 11.8 Å². The van der Waals surface area contributed by atoms with Gasteiger partial charge >= 0.3 is 0 Å². The summed E-state index contributed by atoms with van der Waals surface area (Å²) in [6.45, 7) is 6.85. The molecule has 0 spiro atoms. The number of aromatic nitrogens is 1. The third kappa shape index (κ3) is 31.3. The molecule has 6 aromatic carbocycles. The highest BCUT2D eigenvalue weighted by Crippen LogP contribution is 2.35. The van der Waals surface area contributed by atoms with Gasteiger partial charge in [0.05, 0.1) is 39.7 Å². The summed E-state index contributed by atoms with van der Waals surface area (Å²) in [5.41, 5.74) is 9.28. The first-order chi connectivity index (χ1) is 62.3. The summed E-state index contributed by atoms with van der Waals surface area (Å²) in [6.07, 6.45) is -0.653. The van der Waals surface area contributed by atoms with Crippen LogP contribution in [0, 0.1) is 23.7 Å². The second-order valence-corrected chi connectivity index (χ2v) is 36.7. The van der Waals surface area contributed by atoms with Crippen LogP contribution in [0.4, 0.5) is 0 Å². The standard InChI is InChI=1S/C96H119Br2N13O19S/c1-11-12-32-79-95(128)107(6)51-67(114)47-65(53-130-56-112)83(116)49-69(58(4)5)92(125)110(9)80(45-60-26-18-14-19-27-60)91(124)105-76(43-62-33-35-66(113)36-34-62)93(126)108(7)52-85(118)101-75(48-64-50-100-72-31-23-22-30-68(64)72)90(123)104-74(44-63-40-70(97)87(120)71(98)41-63)89(122)103-73(39-57(2)3)88(121)106-78(82(115)37-38-84(99)117)54-131-55-86(119)102-77(42-59-24-16-13-17-25-59)94(127)111(10)81(96(129)109(79)8)46-61-28-20-15-21-29-61/h13-31,33-36,40-41,50,56-58,65,69,73-81,100,113,120H,11-12,32,37-39,42-49,51-55H2,1-10H3,(H2,99,117)(H,101,118)(H,102,119)(H,103,122)(H,104,123)(H,105,124)(H,106,121)/t65-,69-,73-,74-,75-,76-,77-,78-,79-,80-,81-/m0/s1. The number of hydrogen-bond donors (Lipinski definition) is 10. The number of nitrogens with one attached hydrogen (secondary N) is 7. The number of para-hydroxylation sites is 1. The summed E-state index contributed by atoms with van der Waals surface area (Å²) >= 11 is 7.59. The van der Waals surface area contributed by atoms with Crippen molar-refractivity contribution in [2.75, 3.05) is 66.4 Å². The number of carbonyl (C=O) groups excluding carboxylic acids is 16. The van der Waals surface area contributed by atoms with Crippen molar-refractivity contribution in [3.63, 3.8) is 0 Å². The molecule has 1 saturated heterocycles. The molecule has 11 atom stereocenters. The Morgan fingerprint density at radius 1 is 0.527 bits per heavy atom. The summed E-state index contributed by atoms with van der Waals surface area (Å²) in [6, 6.07) is 28.8. The van der Waals surface area contributed by atoms with E-state index in [4.69, 9.17) is 10.5 Å². The molecule has 11 N–H and O–H groups in total. The van der Waals surface area contributed by atoms with E-state index in [1.54, 1.807) is 149 Å². The first-order valence-electron chi connectivity index (χ1n) is 43.5. The van der Waals surface area contributed by atoms with Crippen LogP contribution < -0.4 is 37.6 Å². The molecule has 1 aliphatic rings.